The molecule has 2 amide bonds. The number of likely N-dealkylation sites (N-methyl/N-ethyl adjacent to an activating group) is 1. The lowest BCUT2D eigenvalue weighted by molar-refractivity contribution is -0.0738. The molecule has 1 fully saturated rings. The van der Waals surface area contributed by atoms with E-state index in [9.17, 15) is 4.79 Å². The monoisotopic (exact) mass is 160 g/mol. The van der Waals surface area contributed by atoms with Gasteiger partial charge in [-0.15, -0.1) is 0 Å². The lowest BCUT2D eigenvalue weighted by Gasteiger charge is -2.19. The summed E-state index contributed by atoms with van der Waals surface area (Å²) in [5.74, 6) is 0. The van der Waals surface area contributed by atoms with Crippen molar-refractivity contribution < 1.29 is 14.6 Å². The van der Waals surface area contributed by atoms with Crippen LogP contribution >= 0.6 is 0 Å². The molecule has 1 heterocycles. The van der Waals surface area contributed by atoms with Crippen LogP contribution in [0.2, 0.25) is 0 Å². The molecule has 0 bridgehead atoms. The van der Waals surface area contributed by atoms with Crippen molar-refractivity contribution in [2.75, 3.05) is 13.7 Å². The number of hydrogen-bond acceptors (Lipinski definition) is 3. The van der Waals surface area contributed by atoms with Gasteiger partial charge < -0.3 is 15.2 Å². The minimum absolute atomic E-state index is 0.309. The van der Waals surface area contributed by atoms with Gasteiger partial charge in [-0.05, 0) is 6.92 Å². The van der Waals surface area contributed by atoms with E-state index in [2.05, 4.69) is 5.32 Å². The molecular weight excluding hydrogens is 148 g/mol. The smallest absolute Gasteiger partial charge is 0.321 e. The molecule has 2 N–H and O–H groups in total. The van der Waals surface area contributed by atoms with E-state index in [0.717, 1.165) is 0 Å². The number of carbonyl (C=O) groups is 1. The van der Waals surface area contributed by atoms with Gasteiger partial charge in [0.15, 0.2) is 12.5 Å². The summed E-state index contributed by atoms with van der Waals surface area (Å²) in [7, 11) is 1.58. The summed E-state index contributed by atoms with van der Waals surface area (Å²) in [6, 6.07) is -0.309. The molecule has 0 aromatic rings. The molecule has 5 nitrogen and oxygen atoms in total. The van der Waals surface area contributed by atoms with Crippen LogP contribution in [0.25, 0.3) is 0 Å². The summed E-state index contributed by atoms with van der Waals surface area (Å²) >= 11 is 0. The molecular formula is C6H12N2O3. The number of amides is 2. The van der Waals surface area contributed by atoms with Crippen molar-refractivity contribution in [1.82, 2.24) is 10.2 Å². The van der Waals surface area contributed by atoms with Gasteiger partial charge in [0.05, 0.1) is 0 Å². The highest BCUT2D eigenvalue weighted by Gasteiger charge is 2.35. The minimum atomic E-state index is -0.910. The standard InChI is InChI=1S/C6H12N2O3/c1-3-11-5-4(9)7-6(10)8(5)2/h4-5,9H,3H2,1-2H3,(H,7,10). The van der Waals surface area contributed by atoms with Crippen molar-refractivity contribution in [3.05, 3.63) is 0 Å². The molecule has 0 saturated carbocycles. The largest absolute Gasteiger partial charge is 0.369 e. The molecule has 2 atom stereocenters. The van der Waals surface area contributed by atoms with E-state index in [1.54, 1.807) is 7.05 Å². The second kappa shape index (κ2) is 3.06. The van der Waals surface area contributed by atoms with E-state index in [4.69, 9.17) is 9.84 Å². The van der Waals surface area contributed by atoms with Crippen LogP contribution in [0.4, 0.5) is 4.79 Å². The van der Waals surface area contributed by atoms with Crippen LogP contribution in [-0.2, 0) is 4.74 Å². The van der Waals surface area contributed by atoms with Crippen LogP contribution < -0.4 is 5.32 Å². The number of nitrogens with zero attached hydrogens (tertiary/aromatic N) is 1. The molecule has 1 aliphatic rings. The Bertz CT molecular complexity index is 162. The Morgan fingerprint density at radius 3 is 2.82 bits per heavy atom. The van der Waals surface area contributed by atoms with Crippen molar-refractivity contribution in [2.24, 2.45) is 0 Å². The van der Waals surface area contributed by atoms with Gasteiger partial charge in [0.1, 0.15) is 0 Å². The third-order valence-corrected chi connectivity index (χ3v) is 1.58. The zero-order valence-electron chi connectivity index (χ0n) is 6.57. The van der Waals surface area contributed by atoms with Crippen molar-refractivity contribution in [3.63, 3.8) is 0 Å². The van der Waals surface area contributed by atoms with Crippen LogP contribution in [0.5, 0.6) is 0 Å². The fourth-order valence-corrected chi connectivity index (χ4v) is 1.00. The molecule has 11 heavy (non-hydrogen) atoms. The zero-order chi connectivity index (χ0) is 8.43. The van der Waals surface area contributed by atoms with Gasteiger partial charge in [-0.2, -0.15) is 0 Å². The van der Waals surface area contributed by atoms with Gasteiger partial charge >= 0.3 is 6.03 Å². The first kappa shape index (κ1) is 8.29. The van der Waals surface area contributed by atoms with Crippen LogP contribution in [0, 0.1) is 0 Å². The number of aliphatic hydroxyl groups excluding tert-OH is 1. The van der Waals surface area contributed by atoms with E-state index < -0.39 is 12.5 Å². The Hall–Kier alpha value is -0.810. The molecule has 1 saturated heterocycles. The summed E-state index contributed by atoms with van der Waals surface area (Å²) in [6.45, 7) is 2.28. The van der Waals surface area contributed by atoms with E-state index >= 15 is 0 Å². The van der Waals surface area contributed by atoms with E-state index in [-0.39, 0.29) is 6.03 Å². The first-order chi connectivity index (χ1) is 5.16. The Labute approximate surface area is 64.9 Å². The number of carbonyl (C=O) groups excluding carboxylic acids is 1. The molecule has 0 spiro atoms. The third-order valence-electron chi connectivity index (χ3n) is 1.58. The number of hydrogen-bond donors (Lipinski definition) is 2. The second-order valence-corrected chi connectivity index (χ2v) is 2.35. The van der Waals surface area contributed by atoms with E-state index in [1.807, 2.05) is 6.92 Å². The van der Waals surface area contributed by atoms with Crippen LogP contribution in [0.15, 0.2) is 0 Å². The summed E-state index contributed by atoms with van der Waals surface area (Å²) in [5.41, 5.74) is 0. The molecule has 0 aromatic carbocycles. The maximum atomic E-state index is 10.8. The Morgan fingerprint density at radius 2 is 2.45 bits per heavy atom. The first-order valence-electron chi connectivity index (χ1n) is 3.49. The summed E-state index contributed by atoms with van der Waals surface area (Å²) in [4.78, 5) is 12.2. The number of urea groups is 1. The van der Waals surface area contributed by atoms with Crippen LogP contribution in [0.1, 0.15) is 6.92 Å². The lowest BCUT2D eigenvalue weighted by Crippen LogP contribution is -2.36. The maximum Gasteiger partial charge on any atom is 0.321 e. The van der Waals surface area contributed by atoms with Crippen LogP contribution in [0.3, 0.4) is 0 Å². The summed E-state index contributed by atoms with van der Waals surface area (Å²) in [6.07, 6.45) is -1.46. The predicted molar refractivity (Wildman–Crippen MR) is 37.7 cm³/mol. The molecule has 0 aromatic heterocycles. The average molecular weight is 160 g/mol. The highest BCUT2D eigenvalue weighted by atomic mass is 16.5. The number of aliphatic hydroxyl groups is 1. The molecule has 1 aliphatic heterocycles. The zero-order valence-corrected chi connectivity index (χ0v) is 6.57. The summed E-state index contributed by atoms with van der Waals surface area (Å²) in [5, 5.41) is 11.5. The van der Waals surface area contributed by atoms with Gasteiger partial charge in [-0.25, -0.2) is 4.79 Å². The third kappa shape index (κ3) is 1.44. The SMILES string of the molecule is CCOC1C(O)NC(=O)N1C. The second-order valence-electron chi connectivity index (χ2n) is 2.35. The van der Waals surface area contributed by atoms with E-state index in [1.165, 1.54) is 4.90 Å². The van der Waals surface area contributed by atoms with Crippen molar-refractivity contribution >= 4 is 6.03 Å². The average Bonchev–Trinajstić information content (AvgIpc) is 2.17. The van der Waals surface area contributed by atoms with Crippen molar-refractivity contribution in [2.45, 2.75) is 19.4 Å². The fraction of sp³-hybridized carbons (Fsp3) is 0.833. The molecule has 0 aliphatic carbocycles. The van der Waals surface area contributed by atoms with Crippen molar-refractivity contribution in [1.29, 1.82) is 0 Å². The van der Waals surface area contributed by atoms with Crippen LogP contribution in [-0.4, -0.2) is 42.1 Å². The molecule has 0 radical (unpaired) electrons. The van der Waals surface area contributed by atoms with Gasteiger partial charge in [0, 0.05) is 13.7 Å². The predicted octanol–water partition coefficient (Wildman–Crippen LogP) is -0.678. The quantitative estimate of drug-likeness (QED) is 0.562. The Balaban J connectivity index is 2.56. The highest BCUT2D eigenvalue weighted by molar-refractivity contribution is 5.76. The lowest BCUT2D eigenvalue weighted by atomic mass is 10.5. The fourth-order valence-electron chi connectivity index (χ4n) is 1.00. The molecule has 2 unspecified atom stereocenters. The molecule has 5 heteroatoms. The normalized spacial score (nSPS) is 30.8. The topological polar surface area (TPSA) is 61.8 Å². The van der Waals surface area contributed by atoms with Gasteiger partial charge in [-0.1, -0.05) is 0 Å². The van der Waals surface area contributed by atoms with Crippen molar-refractivity contribution in [3.8, 4) is 0 Å². The number of rotatable bonds is 2. The highest BCUT2D eigenvalue weighted by Crippen LogP contribution is 2.09. The van der Waals surface area contributed by atoms with Gasteiger partial charge in [0.25, 0.3) is 0 Å². The van der Waals surface area contributed by atoms with E-state index in [0.29, 0.717) is 6.61 Å². The Kier molecular flexibility index (Phi) is 2.31. The maximum absolute atomic E-state index is 10.8. The minimum Gasteiger partial charge on any atom is -0.369 e. The number of ether oxygens (including phenoxy) is 1. The summed E-state index contributed by atoms with van der Waals surface area (Å²) < 4.78 is 5.09. The molecule has 1 rings (SSSR count). The Morgan fingerprint density at radius 1 is 1.82 bits per heavy atom. The molecule has 64 valence electrons. The first-order valence-corrected chi connectivity index (χ1v) is 3.49. The van der Waals surface area contributed by atoms with Gasteiger partial charge in [-0.3, -0.25) is 4.90 Å². The number of nitrogens with one attached hydrogen (secondary N) is 1. The van der Waals surface area contributed by atoms with Gasteiger partial charge in [0.2, 0.25) is 0 Å².